The number of thiophene rings is 1. The molecule has 1 unspecified atom stereocenters. The number of amides is 1. The van der Waals surface area contributed by atoms with Crippen LogP contribution in [0.3, 0.4) is 0 Å². The lowest BCUT2D eigenvalue weighted by Crippen LogP contribution is -2.42. The lowest BCUT2D eigenvalue weighted by atomic mass is 10.2. The number of nitrogens with zero attached hydrogens (tertiary/aromatic N) is 1. The molecular formula is C12H17ClN2OS. The van der Waals surface area contributed by atoms with Gasteiger partial charge in [0.2, 0.25) is 0 Å². The van der Waals surface area contributed by atoms with Crippen molar-refractivity contribution in [2.75, 3.05) is 13.1 Å². The summed E-state index contributed by atoms with van der Waals surface area (Å²) in [5.41, 5.74) is 0. The SMILES string of the molecule is Cl.O=C(c1cccs1)N(C1CC1)C1CCNC1. The highest BCUT2D eigenvalue weighted by molar-refractivity contribution is 7.12. The van der Waals surface area contributed by atoms with Crippen molar-refractivity contribution in [2.45, 2.75) is 31.3 Å². The van der Waals surface area contributed by atoms with E-state index in [0.717, 1.165) is 24.4 Å². The number of hydrogen-bond acceptors (Lipinski definition) is 3. The van der Waals surface area contributed by atoms with E-state index in [0.29, 0.717) is 12.1 Å². The van der Waals surface area contributed by atoms with Gasteiger partial charge in [-0.1, -0.05) is 6.07 Å². The maximum absolute atomic E-state index is 12.4. The second kappa shape index (κ2) is 5.38. The summed E-state index contributed by atoms with van der Waals surface area (Å²) in [4.78, 5) is 15.4. The van der Waals surface area contributed by atoms with Crippen LogP contribution in [-0.4, -0.2) is 36.0 Å². The van der Waals surface area contributed by atoms with Crippen LogP contribution in [0.1, 0.15) is 28.9 Å². The summed E-state index contributed by atoms with van der Waals surface area (Å²) in [7, 11) is 0. The van der Waals surface area contributed by atoms with Crippen LogP contribution < -0.4 is 5.32 Å². The Bertz CT molecular complexity index is 372. The van der Waals surface area contributed by atoms with E-state index in [2.05, 4.69) is 10.2 Å². The van der Waals surface area contributed by atoms with Gasteiger partial charge in [0.15, 0.2) is 0 Å². The normalized spacial score (nSPS) is 23.2. The summed E-state index contributed by atoms with van der Waals surface area (Å²) in [6.07, 6.45) is 3.48. The molecule has 1 aliphatic carbocycles. The number of hydrogen-bond donors (Lipinski definition) is 1. The zero-order valence-corrected chi connectivity index (χ0v) is 11.2. The fraction of sp³-hybridized carbons (Fsp3) is 0.583. The van der Waals surface area contributed by atoms with Gasteiger partial charge >= 0.3 is 0 Å². The van der Waals surface area contributed by atoms with Gasteiger partial charge < -0.3 is 10.2 Å². The minimum atomic E-state index is 0. The highest BCUT2D eigenvalue weighted by Gasteiger charge is 2.38. The van der Waals surface area contributed by atoms with Gasteiger partial charge in [0.25, 0.3) is 5.91 Å². The fourth-order valence-corrected chi connectivity index (χ4v) is 3.05. The highest BCUT2D eigenvalue weighted by atomic mass is 35.5. The largest absolute Gasteiger partial charge is 0.331 e. The first-order valence-corrected chi connectivity index (χ1v) is 6.81. The molecule has 5 heteroatoms. The molecule has 1 aliphatic heterocycles. The van der Waals surface area contributed by atoms with Crippen LogP contribution in [-0.2, 0) is 0 Å². The Kier molecular flexibility index (Phi) is 4.07. The lowest BCUT2D eigenvalue weighted by molar-refractivity contribution is 0.0681. The van der Waals surface area contributed by atoms with Crippen LogP contribution in [0.2, 0.25) is 0 Å². The summed E-state index contributed by atoms with van der Waals surface area (Å²) >= 11 is 1.55. The van der Waals surface area contributed by atoms with Crippen molar-refractivity contribution >= 4 is 29.7 Å². The third kappa shape index (κ3) is 2.64. The maximum Gasteiger partial charge on any atom is 0.264 e. The van der Waals surface area contributed by atoms with E-state index in [1.54, 1.807) is 11.3 Å². The van der Waals surface area contributed by atoms with E-state index in [1.807, 2.05) is 17.5 Å². The molecule has 3 nitrogen and oxygen atoms in total. The van der Waals surface area contributed by atoms with Crippen molar-refractivity contribution in [3.05, 3.63) is 22.4 Å². The molecule has 3 rings (SSSR count). The Hall–Kier alpha value is -0.580. The standard InChI is InChI=1S/C12H16N2OS.ClH/c15-12(11-2-1-7-16-11)14(9-3-4-9)10-5-6-13-8-10;/h1-2,7,9-10,13H,3-6,8H2;1H. The molecule has 2 heterocycles. The number of halogens is 1. The highest BCUT2D eigenvalue weighted by Crippen LogP contribution is 2.32. The van der Waals surface area contributed by atoms with Crippen LogP contribution in [0.15, 0.2) is 17.5 Å². The van der Waals surface area contributed by atoms with E-state index in [4.69, 9.17) is 0 Å². The predicted octanol–water partition coefficient (Wildman–Crippen LogP) is 2.14. The molecule has 1 N–H and O–H groups in total. The third-order valence-corrected chi connectivity index (χ3v) is 4.19. The first-order chi connectivity index (χ1) is 7.86. The van der Waals surface area contributed by atoms with Crippen LogP contribution in [0.4, 0.5) is 0 Å². The van der Waals surface area contributed by atoms with Crippen LogP contribution in [0.25, 0.3) is 0 Å². The molecule has 17 heavy (non-hydrogen) atoms. The average molecular weight is 273 g/mol. The first kappa shape index (κ1) is 12.9. The quantitative estimate of drug-likeness (QED) is 0.914. The predicted molar refractivity (Wildman–Crippen MR) is 72.0 cm³/mol. The molecule has 94 valence electrons. The second-order valence-electron chi connectivity index (χ2n) is 4.57. The Balaban J connectivity index is 0.00000108. The van der Waals surface area contributed by atoms with E-state index in [9.17, 15) is 4.79 Å². The van der Waals surface area contributed by atoms with Crippen LogP contribution >= 0.6 is 23.7 Å². The van der Waals surface area contributed by atoms with Gasteiger partial charge in [-0.25, -0.2) is 0 Å². The summed E-state index contributed by atoms with van der Waals surface area (Å²) in [5, 5.41) is 5.32. The number of carbonyl (C=O) groups excluding carboxylic acids is 1. The summed E-state index contributed by atoms with van der Waals surface area (Å²) in [6, 6.07) is 4.82. The molecule has 2 fully saturated rings. The molecule has 0 radical (unpaired) electrons. The molecular weight excluding hydrogens is 256 g/mol. The van der Waals surface area contributed by atoms with Gasteiger partial charge in [0.05, 0.1) is 4.88 Å². The van der Waals surface area contributed by atoms with Crippen molar-refractivity contribution in [3.63, 3.8) is 0 Å². The van der Waals surface area contributed by atoms with E-state index in [1.165, 1.54) is 12.8 Å². The monoisotopic (exact) mass is 272 g/mol. The van der Waals surface area contributed by atoms with Gasteiger partial charge in [-0.05, 0) is 37.3 Å². The molecule has 1 atom stereocenters. The smallest absolute Gasteiger partial charge is 0.264 e. The Labute approximate surface area is 112 Å². The number of carbonyl (C=O) groups is 1. The molecule has 1 saturated carbocycles. The zero-order valence-electron chi connectivity index (χ0n) is 9.59. The van der Waals surface area contributed by atoms with Crippen molar-refractivity contribution in [1.82, 2.24) is 10.2 Å². The van der Waals surface area contributed by atoms with Crippen molar-refractivity contribution in [3.8, 4) is 0 Å². The van der Waals surface area contributed by atoms with Gasteiger partial charge in [-0.15, -0.1) is 23.7 Å². The van der Waals surface area contributed by atoms with Crippen molar-refractivity contribution in [2.24, 2.45) is 0 Å². The average Bonchev–Trinajstić information content (AvgIpc) is 2.83. The molecule has 1 aromatic heterocycles. The van der Waals surface area contributed by atoms with Crippen molar-refractivity contribution in [1.29, 1.82) is 0 Å². The molecule has 2 aliphatic rings. The summed E-state index contributed by atoms with van der Waals surface area (Å²) in [5.74, 6) is 0.242. The summed E-state index contributed by atoms with van der Waals surface area (Å²) < 4.78 is 0. The maximum atomic E-state index is 12.4. The molecule has 1 saturated heterocycles. The minimum absolute atomic E-state index is 0. The van der Waals surface area contributed by atoms with Crippen LogP contribution in [0.5, 0.6) is 0 Å². The molecule has 1 amide bonds. The topological polar surface area (TPSA) is 32.3 Å². The van der Waals surface area contributed by atoms with E-state index >= 15 is 0 Å². The van der Waals surface area contributed by atoms with E-state index < -0.39 is 0 Å². The fourth-order valence-electron chi connectivity index (χ4n) is 2.39. The molecule has 0 bridgehead atoms. The number of rotatable bonds is 3. The molecule has 0 aromatic carbocycles. The molecule has 1 aromatic rings. The molecule has 0 spiro atoms. The van der Waals surface area contributed by atoms with Crippen LogP contribution in [0, 0.1) is 0 Å². The Morgan fingerprint density at radius 1 is 1.35 bits per heavy atom. The van der Waals surface area contributed by atoms with Gasteiger partial charge in [-0.2, -0.15) is 0 Å². The van der Waals surface area contributed by atoms with Crippen molar-refractivity contribution < 1.29 is 4.79 Å². The number of nitrogens with one attached hydrogen (secondary N) is 1. The second-order valence-corrected chi connectivity index (χ2v) is 5.52. The Morgan fingerprint density at radius 3 is 2.71 bits per heavy atom. The lowest BCUT2D eigenvalue weighted by Gasteiger charge is -2.28. The van der Waals surface area contributed by atoms with Gasteiger partial charge in [0, 0.05) is 18.6 Å². The Morgan fingerprint density at radius 2 is 2.18 bits per heavy atom. The summed E-state index contributed by atoms with van der Waals surface area (Å²) in [6.45, 7) is 2.01. The van der Waals surface area contributed by atoms with Gasteiger partial charge in [0.1, 0.15) is 0 Å². The van der Waals surface area contributed by atoms with Gasteiger partial charge in [-0.3, -0.25) is 4.79 Å². The zero-order chi connectivity index (χ0) is 11.0. The first-order valence-electron chi connectivity index (χ1n) is 5.93. The van der Waals surface area contributed by atoms with E-state index in [-0.39, 0.29) is 18.3 Å². The minimum Gasteiger partial charge on any atom is -0.331 e. The third-order valence-electron chi connectivity index (χ3n) is 3.33.